The lowest BCUT2D eigenvalue weighted by Crippen LogP contribution is -2.43. The second-order valence-corrected chi connectivity index (χ2v) is 6.02. The van der Waals surface area contributed by atoms with Gasteiger partial charge >= 0.3 is 5.97 Å². The van der Waals surface area contributed by atoms with Gasteiger partial charge in [0.25, 0.3) is 0 Å². The van der Waals surface area contributed by atoms with Crippen LogP contribution < -0.4 is 10.2 Å². The molecule has 1 aromatic carbocycles. The first-order chi connectivity index (χ1) is 11.6. The number of hydrogen-bond acceptors (Lipinski definition) is 3. The van der Waals surface area contributed by atoms with Crippen molar-refractivity contribution in [1.29, 1.82) is 0 Å². The number of carboxylic acids is 1. The molecule has 6 heteroatoms. The maximum absolute atomic E-state index is 12.1. The summed E-state index contributed by atoms with van der Waals surface area (Å²) >= 11 is 0. The quantitative estimate of drug-likeness (QED) is 0.678. The van der Waals surface area contributed by atoms with Gasteiger partial charge in [-0.2, -0.15) is 0 Å². The molecule has 1 aliphatic rings. The number of amides is 2. The molecule has 0 radical (unpaired) electrons. The SMILES string of the molecule is O=C(O)CCCCCCNC(=O)CN1C(=O)CCc2ccccc21. The lowest BCUT2D eigenvalue weighted by molar-refractivity contribution is -0.137. The predicted octanol–water partition coefficient (Wildman–Crippen LogP) is 2.12. The Bertz CT molecular complexity index is 600. The van der Waals surface area contributed by atoms with Crippen LogP contribution in [0.2, 0.25) is 0 Å². The number of anilines is 1. The van der Waals surface area contributed by atoms with E-state index in [0.717, 1.165) is 36.9 Å². The molecule has 0 saturated carbocycles. The number of aliphatic carboxylic acids is 1. The van der Waals surface area contributed by atoms with Gasteiger partial charge in [0.2, 0.25) is 11.8 Å². The first-order valence-corrected chi connectivity index (χ1v) is 8.44. The second kappa shape index (κ2) is 9.05. The number of carbonyl (C=O) groups is 3. The maximum Gasteiger partial charge on any atom is 0.303 e. The van der Waals surface area contributed by atoms with Crippen LogP contribution >= 0.6 is 0 Å². The Morgan fingerprint density at radius 2 is 1.83 bits per heavy atom. The third-order valence-electron chi connectivity index (χ3n) is 4.13. The normalized spacial score (nSPS) is 13.5. The van der Waals surface area contributed by atoms with Crippen LogP contribution in [0.3, 0.4) is 0 Å². The number of hydrogen-bond donors (Lipinski definition) is 2. The van der Waals surface area contributed by atoms with Gasteiger partial charge < -0.3 is 15.3 Å². The Hall–Kier alpha value is -2.37. The molecule has 24 heavy (non-hydrogen) atoms. The number of fused-ring (bicyclic) bond motifs is 1. The van der Waals surface area contributed by atoms with E-state index in [1.54, 1.807) is 4.90 Å². The van der Waals surface area contributed by atoms with Gasteiger partial charge in [-0.1, -0.05) is 31.0 Å². The average Bonchev–Trinajstić information content (AvgIpc) is 2.56. The summed E-state index contributed by atoms with van der Waals surface area (Å²) in [5.41, 5.74) is 1.93. The molecule has 2 rings (SSSR count). The van der Waals surface area contributed by atoms with Crippen LogP contribution in [-0.4, -0.2) is 36.0 Å². The summed E-state index contributed by atoms with van der Waals surface area (Å²) in [7, 11) is 0. The van der Waals surface area contributed by atoms with E-state index in [1.807, 2.05) is 24.3 Å². The number of para-hydroxylation sites is 1. The van der Waals surface area contributed by atoms with E-state index in [-0.39, 0.29) is 24.8 Å². The number of carbonyl (C=O) groups excluding carboxylic acids is 2. The first-order valence-electron chi connectivity index (χ1n) is 8.44. The average molecular weight is 332 g/mol. The summed E-state index contributed by atoms with van der Waals surface area (Å²) in [6, 6.07) is 7.68. The van der Waals surface area contributed by atoms with Crippen molar-refractivity contribution in [2.24, 2.45) is 0 Å². The first kappa shape index (κ1) is 18.0. The topological polar surface area (TPSA) is 86.7 Å². The van der Waals surface area contributed by atoms with E-state index in [2.05, 4.69) is 5.32 Å². The Kier molecular flexibility index (Phi) is 6.78. The summed E-state index contributed by atoms with van der Waals surface area (Å²) in [5, 5.41) is 11.4. The van der Waals surface area contributed by atoms with E-state index < -0.39 is 5.97 Å². The molecule has 0 aromatic heterocycles. The molecular weight excluding hydrogens is 308 g/mol. The maximum atomic E-state index is 12.1. The lowest BCUT2D eigenvalue weighted by Gasteiger charge is -2.28. The number of nitrogens with one attached hydrogen (secondary N) is 1. The van der Waals surface area contributed by atoms with Gasteiger partial charge in [-0.15, -0.1) is 0 Å². The molecule has 0 aliphatic carbocycles. The molecule has 1 aliphatic heterocycles. The lowest BCUT2D eigenvalue weighted by atomic mass is 10.0. The van der Waals surface area contributed by atoms with E-state index in [1.165, 1.54) is 0 Å². The predicted molar refractivity (Wildman–Crippen MR) is 90.8 cm³/mol. The molecule has 130 valence electrons. The zero-order chi connectivity index (χ0) is 17.4. The largest absolute Gasteiger partial charge is 0.481 e. The molecular formula is C18H24N2O4. The van der Waals surface area contributed by atoms with Crippen molar-refractivity contribution in [1.82, 2.24) is 5.32 Å². The van der Waals surface area contributed by atoms with Gasteiger partial charge in [-0.3, -0.25) is 14.4 Å². The molecule has 0 bridgehead atoms. The van der Waals surface area contributed by atoms with Crippen LogP contribution in [0.25, 0.3) is 0 Å². The highest BCUT2D eigenvalue weighted by atomic mass is 16.4. The Morgan fingerprint density at radius 1 is 1.08 bits per heavy atom. The molecule has 2 N–H and O–H groups in total. The van der Waals surface area contributed by atoms with E-state index >= 15 is 0 Å². The van der Waals surface area contributed by atoms with Crippen molar-refractivity contribution in [3.8, 4) is 0 Å². The fraction of sp³-hybridized carbons (Fsp3) is 0.500. The number of rotatable bonds is 9. The summed E-state index contributed by atoms with van der Waals surface area (Å²) in [4.78, 5) is 36.1. The molecule has 0 spiro atoms. The van der Waals surface area contributed by atoms with Gasteiger partial charge in [0.15, 0.2) is 0 Å². The molecule has 0 unspecified atom stereocenters. The minimum atomic E-state index is -0.769. The highest BCUT2D eigenvalue weighted by Crippen LogP contribution is 2.26. The fourth-order valence-electron chi connectivity index (χ4n) is 2.85. The number of benzene rings is 1. The van der Waals surface area contributed by atoms with Crippen LogP contribution in [0, 0.1) is 0 Å². The van der Waals surface area contributed by atoms with Crippen molar-refractivity contribution >= 4 is 23.5 Å². The van der Waals surface area contributed by atoms with Crippen LogP contribution in [0.5, 0.6) is 0 Å². The minimum Gasteiger partial charge on any atom is -0.481 e. The van der Waals surface area contributed by atoms with E-state index in [0.29, 0.717) is 19.4 Å². The monoisotopic (exact) mass is 332 g/mol. The Balaban J connectivity index is 1.71. The van der Waals surface area contributed by atoms with Crippen LogP contribution in [0.4, 0.5) is 5.69 Å². The molecule has 1 heterocycles. The van der Waals surface area contributed by atoms with Gasteiger partial charge in [-0.05, 0) is 30.9 Å². The molecule has 0 atom stereocenters. The smallest absolute Gasteiger partial charge is 0.303 e. The highest BCUT2D eigenvalue weighted by Gasteiger charge is 2.25. The molecule has 1 aromatic rings. The molecule has 0 saturated heterocycles. The van der Waals surface area contributed by atoms with Crippen molar-refractivity contribution in [3.63, 3.8) is 0 Å². The van der Waals surface area contributed by atoms with Gasteiger partial charge in [-0.25, -0.2) is 0 Å². The standard InChI is InChI=1S/C18H24N2O4/c21-16(19-12-6-2-1-3-9-18(23)24)13-20-15-8-5-4-7-14(15)10-11-17(20)22/h4-5,7-8H,1-3,6,9-13H2,(H,19,21)(H,23,24). The van der Waals surface area contributed by atoms with Gasteiger partial charge in [0, 0.05) is 25.1 Å². The summed E-state index contributed by atoms with van der Waals surface area (Å²) in [5.74, 6) is -0.946. The summed E-state index contributed by atoms with van der Waals surface area (Å²) in [6.07, 6.45) is 4.58. The third-order valence-corrected chi connectivity index (χ3v) is 4.13. The van der Waals surface area contributed by atoms with Gasteiger partial charge in [0.05, 0.1) is 0 Å². The van der Waals surface area contributed by atoms with Crippen molar-refractivity contribution in [2.45, 2.75) is 44.9 Å². The second-order valence-electron chi connectivity index (χ2n) is 6.02. The van der Waals surface area contributed by atoms with Crippen molar-refractivity contribution in [2.75, 3.05) is 18.0 Å². The zero-order valence-electron chi connectivity index (χ0n) is 13.8. The number of unbranched alkanes of at least 4 members (excludes halogenated alkanes) is 3. The molecule has 0 fully saturated rings. The number of aryl methyl sites for hydroxylation is 1. The zero-order valence-corrected chi connectivity index (χ0v) is 13.8. The molecule has 2 amide bonds. The van der Waals surface area contributed by atoms with Crippen LogP contribution in [0.15, 0.2) is 24.3 Å². The van der Waals surface area contributed by atoms with Crippen LogP contribution in [0.1, 0.15) is 44.1 Å². The number of carboxylic acid groups (broad SMARTS) is 1. The van der Waals surface area contributed by atoms with Crippen molar-refractivity contribution < 1.29 is 19.5 Å². The van der Waals surface area contributed by atoms with E-state index in [4.69, 9.17) is 5.11 Å². The minimum absolute atomic E-state index is 0.0162. The van der Waals surface area contributed by atoms with Gasteiger partial charge in [0.1, 0.15) is 6.54 Å². The number of nitrogens with zero attached hydrogens (tertiary/aromatic N) is 1. The molecule has 6 nitrogen and oxygen atoms in total. The Morgan fingerprint density at radius 3 is 2.62 bits per heavy atom. The summed E-state index contributed by atoms with van der Waals surface area (Å²) in [6.45, 7) is 0.602. The van der Waals surface area contributed by atoms with E-state index in [9.17, 15) is 14.4 Å². The third kappa shape index (κ3) is 5.37. The van der Waals surface area contributed by atoms with Crippen LogP contribution in [-0.2, 0) is 20.8 Å². The Labute approximate surface area is 141 Å². The van der Waals surface area contributed by atoms with Crippen molar-refractivity contribution in [3.05, 3.63) is 29.8 Å². The highest BCUT2D eigenvalue weighted by molar-refractivity contribution is 6.00. The fourth-order valence-corrected chi connectivity index (χ4v) is 2.85. The summed E-state index contributed by atoms with van der Waals surface area (Å²) < 4.78 is 0.